The average molecular weight is 378 g/mol. The van der Waals surface area contributed by atoms with Gasteiger partial charge in [-0.05, 0) is 38.0 Å². The fraction of sp³-hybridized carbons (Fsp3) is 0.870. The molecule has 4 nitrogen and oxygen atoms in total. The number of fused-ring (bicyclic) bond motifs is 2. The van der Waals surface area contributed by atoms with Gasteiger partial charge in [-0.15, -0.1) is 0 Å². The minimum atomic E-state index is -0.244. The molecular weight excluding hydrogens is 338 g/mol. The Morgan fingerprint density at radius 2 is 2.04 bits per heavy atom. The predicted molar refractivity (Wildman–Crippen MR) is 109 cm³/mol. The minimum Gasteiger partial charge on any atom is -0.449 e. The molecule has 2 aliphatic carbocycles. The van der Waals surface area contributed by atoms with Crippen molar-refractivity contribution >= 4 is 6.09 Å². The Hall–Kier alpha value is -1.03. The van der Waals surface area contributed by atoms with Crippen LogP contribution in [0.25, 0.3) is 0 Å². The second kappa shape index (κ2) is 8.98. The lowest BCUT2D eigenvalue weighted by atomic mass is 9.56. The van der Waals surface area contributed by atoms with Crippen LogP contribution in [-0.4, -0.2) is 31.5 Å². The van der Waals surface area contributed by atoms with E-state index in [9.17, 15) is 4.79 Å². The number of allylic oxidation sites excluding steroid dienone is 1. The van der Waals surface area contributed by atoms with Crippen molar-refractivity contribution in [2.75, 3.05) is 13.2 Å². The van der Waals surface area contributed by atoms with Gasteiger partial charge in [0.2, 0.25) is 0 Å². The maximum Gasteiger partial charge on any atom is 0.407 e. The van der Waals surface area contributed by atoms with Crippen LogP contribution in [0.3, 0.4) is 0 Å². The highest BCUT2D eigenvalue weighted by molar-refractivity contribution is 5.67. The summed E-state index contributed by atoms with van der Waals surface area (Å²) >= 11 is 0. The molecule has 1 saturated carbocycles. The monoisotopic (exact) mass is 377 g/mol. The first-order valence-corrected chi connectivity index (χ1v) is 11.2. The first-order valence-electron chi connectivity index (χ1n) is 11.2. The number of hydrogen-bond donors (Lipinski definition) is 1. The van der Waals surface area contributed by atoms with Gasteiger partial charge in [0.05, 0.1) is 12.7 Å². The van der Waals surface area contributed by atoms with Crippen molar-refractivity contribution in [2.45, 2.75) is 91.2 Å². The van der Waals surface area contributed by atoms with E-state index < -0.39 is 0 Å². The van der Waals surface area contributed by atoms with Crippen LogP contribution in [0.15, 0.2) is 11.6 Å². The fourth-order valence-electron chi connectivity index (χ4n) is 5.71. The van der Waals surface area contributed by atoms with Crippen LogP contribution in [0.4, 0.5) is 4.79 Å². The summed E-state index contributed by atoms with van der Waals surface area (Å²) in [5, 5.41) is 3.09. The maximum absolute atomic E-state index is 12.4. The molecule has 0 aromatic heterocycles. The van der Waals surface area contributed by atoms with Gasteiger partial charge in [0, 0.05) is 17.4 Å². The Morgan fingerprint density at radius 1 is 1.30 bits per heavy atom. The van der Waals surface area contributed by atoms with Gasteiger partial charge in [-0.25, -0.2) is 4.79 Å². The summed E-state index contributed by atoms with van der Waals surface area (Å²) in [6.07, 6.45) is 11.9. The van der Waals surface area contributed by atoms with E-state index in [-0.39, 0.29) is 11.5 Å². The summed E-state index contributed by atoms with van der Waals surface area (Å²) in [7, 11) is 0. The summed E-state index contributed by atoms with van der Waals surface area (Å²) in [5.41, 5.74) is 1.36. The molecule has 0 radical (unpaired) electrons. The van der Waals surface area contributed by atoms with Crippen LogP contribution in [0.1, 0.15) is 79.1 Å². The van der Waals surface area contributed by atoms with Gasteiger partial charge >= 0.3 is 6.09 Å². The highest BCUT2D eigenvalue weighted by atomic mass is 16.6. The topological polar surface area (TPSA) is 47.6 Å². The molecule has 3 unspecified atom stereocenters. The Labute approximate surface area is 165 Å². The van der Waals surface area contributed by atoms with Crippen molar-refractivity contribution < 1.29 is 14.3 Å². The number of rotatable bonds is 6. The number of carbonyl (C=O) groups excluding carboxylic acids is 1. The summed E-state index contributed by atoms with van der Waals surface area (Å²) in [4.78, 5) is 12.4. The molecule has 5 atom stereocenters. The first kappa shape index (κ1) is 20.7. The number of alkyl carbamates (subject to hydrolysis) is 1. The van der Waals surface area contributed by atoms with E-state index in [4.69, 9.17) is 9.47 Å². The number of carbonyl (C=O) groups is 1. The third-order valence-electron chi connectivity index (χ3n) is 7.60. The molecule has 0 spiro atoms. The van der Waals surface area contributed by atoms with Gasteiger partial charge in [-0.1, -0.05) is 64.5 Å². The lowest BCUT2D eigenvalue weighted by molar-refractivity contribution is -0.165. The number of unbranched alkanes of at least 4 members (excludes halogenated alkanes) is 1. The molecule has 0 aromatic carbocycles. The zero-order valence-electron chi connectivity index (χ0n) is 17.8. The van der Waals surface area contributed by atoms with E-state index in [1.165, 1.54) is 37.7 Å². The smallest absolute Gasteiger partial charge is 0.407 e. The van der Waals surface area contributed by atoms with E-state index in [2.05, 4.69) is 39.1 Å². The van der Waals surface area contributed by atoms with Gasteiger partial charge in [0.1, 0.15) is 6.61 Å². The highest BCUT2D eigenvalue weighted by Gasteiger charge is 2.53. The molecule has 154 valence electrons. The van der Waals surface area contributed by atoms with Crippen LogP contribution < -0.4 is 5.32 Å². The third kappa shape index (κ3) is 4.36. The zero-order valence-corrected chi connectivity index (χ0v) is 17.8. The highest BCUT2D eigenvalue weighted by Crippen LogP contribution is 2.53. The average Bonchev–Trinajstić information content (AvgIpc) is 2.65. The third-order valence-corrected chi connectivity index (χ3v) is 7.60. The van der Waals surface area contributed by atoms with Crippen molar-refractivity contribution in [3.05, 3.63) is 11.6 Å². The lowest BCUT2D eigenvalue weighted by Crippen LogP contribution is -2.57. The van der Waals surface area contributed by atoms with Crippen molar-refractivity contribution in [3.8, 4) is 0 Å². The number of nitrogens with one attached hydrogen (secondary N) is 1. The van der Waals surface area contributed by atoms with Gasteiger partial charge < -0.3 is 14.8 Å². The van der Waals surface area contributed by atoms with Gasteiger partial charge in [-0.3, -0.25) is 0 Å². The van der Waals surface area contributed by atoms with Crippen LogP contribution >= 0.6 is 0 Å². The van der Waals surface area contributed by atoms with E-state index in [1.54, 1.807) is 0 Å². The second-order valence-electron chi connectivity index (χ2n) is 9.29. The summed E-state index contributed by atoms with van der Waals surface area (Å²) < 4.78 is 12.2. The van der Waals surface area contributed by atoms with Crippen molar-refractivity contribution in [1.82, 2.24) is 5.32 Å². The SMILES string of the molecule is CCCCC1OC[C@@]2(COC(=O)NC3CCCCC3)C(C)C=C(C)C1[C@@H]2C. The zero-order chi connectivity index (χ0) is 19.4. The molecule has 2 fully saturated rings. The minimum absolute atomic E-state index is 0.100. The van der Waals surface area contributed by atoms with Crippen molar-refractivity contribution in [1.29, 1.82) is 0 Å². The number of ether oxygens (including phenoxy) is 2. The molecule has 3 aliphatic rings. The Balaban J connectivity index is 1.64. The molecule has 1 heterocycles. The quantitative estimate of drug-likeness (QED) is 0.624. The van der Waals surface area contributed by atoms with E-state index in [0.29, 0.717) is 43.1 Å². The molecule has 1 N–H and O–H groups in total. The van der Waals surface area contributed by atoms with Crippen LogP contribution in [0.2, 0.25) is 0 Å². The van der Waals surface area contributed by atoms with Crippen LogP contribution in [-0.2, 0) is 9.47 Å². The van der Waals surface area contributed by atoms with Crippen molar-refractivity contribution in [2.24, 2.45) is 23.2 Å². The standard InChI is InChI=1S/C23H39NO3/c1-5-6-12-20-21-16(2)13-17(3)23(14-26-20,18(21)4)15-27-22(25)24-19-10-8-7-9-11-19/h13,17-21H,5-12,14-15H2,1-4H3,(H,24,25)/t17?,18-,20?,21?,23+/m0/s1. The lowest BCUT2D eigenvalue weighted by Gasteiger charge is -2.55. The summed E-state index contributed by atoms with van der Waals surface area (Å²) in [5.74, 6) is 1.28. The Kier molecular flexibility index (Phi) is 6.88. The normalized spacial score (nSPS) is 36.8. The molecule has 4 heteroatoms. The van der Waals surface area contributed by atoms with Gasteiger partial charge in [0.25, 0.3) is 0 Å². The largest absolute Gasteiger partial charge is 0.449 e. The molecule has 0 aromatic rings. The Bertz CT molecular complexity index is 540. The second-order valence-corrected chi connectivity index (χ2v) is 9.29. The molecule has 3 rings (SSSR count). The fourth-order valence-corrected chi connectivity index (χ4v) is 5.71. The molecular formula is C23H39NO3. The molecule has 1 amide bonds. The van der Waals surface area contributed by atoms with Crippen molar-refractivity contribution in [3.63, 3.8) is 0 Å². The summed E-state index contributed by atoms with van der Waals surface area (Å²) in [6, 6.07) is 0.292. The van der Waals surface area contributed by atoms with E-state index in [0.717, 1.165) is 19.3 Å². The molecule has 1 saturated heterocycles. The number of hydrogen-bond acceptors (Lipinski definition) is 3. The van der Waals surface area contributed by atoms with Gasteiger partial charge in [-0.2, -0.15) is 0 Å². The van der Waals surface area contributed by atoms with E-state index in [1.807, 2.05) is 0 Å². The first-order chi connectivity index (χ1) is 13.0. The molecule has 2 bridgehead atoms. The van der Waals surface area contributed by atoms with Crippen LogP contribution in [0, 0.1) is 23.2 Å². The number of amides is 1. The molecule has 27 heavy (non-hydrogen) atoms. The van der Waals surface area contributed by atoms with Crippen LogP contribution in [0.5, 0.6) is 0 Å². The maximum atomic E-state index is 12.4. The molecule has 1 aliphatic heterocycles. The predicted octanol–water partition coefficient (Wildman–Crippen LogP) is 5.47. The summed E-state index contributed by atoms with van der Waals surface area (Å²) in [6.45, 7) is 10.2. The van der Waals surface area contributed by atoms with Gasteiger partial charge in [0.15, 0.2) is 0 Å². The Morgan fingerprint density at radius 3 is 2.74 bits per heavy atom. The van der Waals surface area contributed by atoms with E-state index >= 15 is 0 Å².